The van der Waals surface area contributed by atoms with Crippen LogP contribution in [0, 0.1) is 6.92 Å². The van der Waals surface area contributed by atoms with E-state index in [0.717, 1.165) is 16.7 Å². The highest BCUT2D eigenvalue weighted by atomic mass is 16.5. The Morgan fingerprint density at radius 1 is 1.03 bits per heavy atom. The number of hydrogen-bond acceptors (Lipinski definition) is 3. The van der Waals surface area contributed by atoms with Gasteiger partial charge in [-0.1, -0.05) is 54.6 Å². The quantitative estimate of drug-likeness (QED) is 0.663. The monoisotopic (exact) mass is 400 g/mol. The minimum absolute atomic E-state index is 0.0155. The number of anilines is 2. The summed E-state index contributed by atoms with van der Waals surface area (Å²) in [4.78, 5) is 26.7. The number of fused-ring (bicyclic) bond motifs is 1. The van der Waals surface area contributed by atoms with E-state index in [1.807, 2.05) is 67.6 Å². The third-order valence-corrected chi connectivity index (χ3v) is 5.26. The molecule has 4 rings (SSSR count). The topological polar surface area (TPSA) is 58.6 Å². The number of hydrogen-bond donors (Lipinski definition) is 1. The minimum atomic E-state index is -0.0988. The van der Waals surface area contributed by atoms with E-state index in [1.165, 1.54) is 0 Å². The number of nitrogens with zero attached hydrogens (tertiary/aromatic N) is 1. The molecule has 0 aromatic heterocycles. The zero-order chi connectivity index (χ0) is 20.9. The van der Waals surface area contributed by atoms with E-state index in [1.54, 1.807) is 17.0 Å². The molecule has 0 radical (unpaired) electrons. The van der Waals surface area contributed by atoms with Gasteiger partial charge in [0, 0.05) is 12.1 Å². The van der Waals surface area contributed by atoms with Crippen molar-refractivity contribution in [2.24, 2.45) is 0 Å². The van der Waals surface area contributed by atoms with Crippen molar-refractivity contribution in [2.45, 2.75) is 26.3 Å². The van der Waals surface area contributed by atoms with E-state index in [0.29, 0.717) is 36.5 Å². The average molecular weight is 400 g/mol. The van der Waals surface area contributed by atoms with Gasteiger partial charge in [0.25, 0.3) is 5.91 Å². The van der Waals surface area contributed by atoms with Gasteiger partial charge < -0.3 is 15.0 Å². The lowest BCUT2D eigenvalue weighted by Crippen LogP contribution is -2.38. The molecule has 3 aromatic rings. The van der Waals surface area contributed by atoms with E-state index in [2.05, 4.69) is 5.32 Å². The van der Waals surface area contributed by atoms with Gasteiger partial charge in [-0.3, -0.25) is 9.59 Å². The van der Waals surface area contributed by atoms with Gasteiger partial charge in [-0.05, 0) is 48.2 Å². The molecule has 0 aliphatic carbocycles. The van der Waals surface area contributed by atoms with Crippen LogP contribution in [-0.4, -0.2) is 18.4 Å². The maximum absolute atomic E-state index is 12.6. The van der Waals surface area contributed by atoms with Crippen LogP contribution in [0.5, 0.6) is 5.75 Å². The highest BCUT2D eigenvalue weighted by Crippen LogP contribution is 2.35. The van der Waals surface area contributed by atoms with E-state index in [9.17, 15) is 9.59 Å². The maximum Gasteiger partial charge on any atom is 0.265 e. The fourth-order valence-electron chi connectivity index (χ4n) is 3.54. The first kappa shape index (κ1) is 19.7. The zero-order valence-corrected chi connectivity index (χ0v) is 16.9. The highest BCUT2D eigenvalue weighted by Gasteiger charge is 2.26. The Bertz CT molecular complexity index is 1060. The standard InChI is InChI=1S/C25H24N2O3/c1-18-7-5-6-10-20(18)16-27-22-15-21(12-13-23(22)30-17-25(27)29)26-24(28)14-11-19-8-3-2-4-9-19/h2-10,12-13,15H,11,14,16-17H2,1H3,(H,26,28). The number of rotatable bonds is 6. The third-order valence-electron chi connectivity index (χ3n) is 5.26. The van der Waals surface area contributed by atoms with Crippen molar-refractivity contribution in [2.75, 3.05) is 16.8 Å². The number of nitrogens with one attached hydrogen (secondary N) is 1. The Kier molecular flexibility index (Phi) is 5.80. The SMILES string of the molecule is Cc1ccccc1CN1C(=O)COc2ccc(NC(=O)CCc3ccccc3)cc21. The Morgan fingerprint density at radius 2 is 1.80 bits per heavy atom. The summed E-state index contributed by atoms with van der Waals surface area (Å²) < 4.78 is 5.60. The van der Waals surface area contributed by atoms with Crippen LogP contribution in [0.3, 0.4) is 0 Å². The second kappa shape index (κ2) is 8.82. The van der Waals surface area contributed by atoms with E-state index in [-0.39, 0.29) is 18.4 Å². The first-order chi connectivity index (χ1) is 14.6. The first-order valence-electron chi connectivity index (χ1n) is 10.1. The summed E-state index contributed by atoms with van der Waals surface area (Å²) in [7, 11) is 0. The van der Waals surface area contributed by atoms with E-state index < -0.39 is 0 Å². The summed E-state index contributed by atoms with van der Waals surface area (Å²) in [5, 5.41) is 2.94. The number of carbonyl (C=O) groups excluding carboxylic acids is 2. The Balaban J connectivity index is 1.49. The number of carbonyl (C=O) groups is 2. The van der Waals surface area contributed by atoms with Gasteiger partial charge in [-0.15, -0.1) is 0 Å². The molecule has 1 N–H and O–H groups in total. The van der Waals surface area contributed by atoms with Crippen molar-refractivity contribution in [3.63, 3.8) is 0 Å². The molecule has 2 amide bonds. The molecule has 152 valence electrons. The Hall–Kier alpha value is -3.60. The van der Waals surface area contributed by atoms with Crippen LogP contribution >= 0.6 is 0 Å². The van der Waals surface area contributed by atoms with Crippen molar-refractivity contribution in [1.29, 1.82) is 0 Å². The lowest BCUT2D eigenvalue weighted by atomic mass is 10.1. The summed E-state index contributed by atoms with van der Waals surface area (Å²) in [6, 6.07) is 23.4. The van der Waals surface area contributed by atoms with Gasteiger partial charge in [0.05, 0.1) is 12.2 Å². The fraction of sp³-hybridized carbons (Fsp3) is 0.200. The Labute approximate surface area is 176 Å². The minimum Gasteiger partial charge on any atom is -0.482 e. The molecule has 3 aromatic carbocycles. The molecule has 1 heterocycles. The average Bonchev–Trinajstić information content (AvgIpc) is 2.76. The van der Waals surface area contributed by atoms with Crippen LogP contribution in [0.2, 0.25) is 0 Å². The summed E-state index contributed by atoms with van der Waals surface area (Å²) in [5.74, 6) is 0.482. The van der Waals surface area contributed by atoms with Crippen LogP contribution in [0.25, 0.3) is 0 Å². The number of ether oxygens (including phenoxy) is 1. The summed E-state index contributed by atoms with van der Waals surface area (Å²) in [5.41, 5.74) is 4.66. The molecule has 0 saturated heterocycles. The lowest BCUT2D eigenvalue weighted by molar-refractivity contribution is -0.121. The second-order valence-corrected chi connectivity index (χ2v) is 7.41. The molecule has 5 heteroatoms. The zero-order valence-electron chi connectivity index (χ0n) is 16.9. The molecule has 0 saturated carbocycles. The van der Waals surface area contributed by atoms with Gasteiger partial charge >= 0.3 is 0 Å². The van der Waals surface area contributed by atoms with Crippen molar-refractivity contribution in [3.8, 4) is 5.75 Å². The maximum atomic E-state index is 12.6. The van der Waals surface area contributed by atoms with Crippen molar-refractivity contribution in [1.82, 2.24) is 0 Å². The molecular weight excluding hydrogens is 376 g/mol. The first-order valence-corrected chi connectivity index (χ1v) is 10.1. The molecule has 0 atom stereocenters. The third kappa shape index (κ3) is 4.51. The smallest absolute Gasteiger partial charge is 0.265 e. The van der Waals surface area contributed by atoms with Crippen LogP contribution < -0.4 is 15.0 Å². The van der Waals surface area contributed by atoms with Gasteiger partial charge in [-0.25, -0.2) is 0 Å². The van der Waals surface area contributed by atoms with Crippen LogP contribution in [0.15, 0.2) is 72.8 Å². The largest absolute Gasteiger partial charge is 0.482 e. The second-order valence-electron chi connectivity index (χ2n) is 7.41. The molecule has 0 unspecified atom stereocenters. The lowest BCUT2D eigenvalue weighted by Gasteiger charge is -2.30. The summed E-state index contributed by atoms with van der Waals surface area (Å²) >= 11 is 0. The van der Waals surface area contributed by atoms with Gasteiger partial charge in [0.1, 0.15) is 5.75 Å². The predicted molar refractivity (Wildman–Crippen MR) is 118 cm³/mol. The van der Waals surface area contributed by atoms with E-state index >= 15 is 0 Å². The molecule has 30 heavy (non-hydrogen) atoms. The highest BCUT2D eigenvalue weighted by molar-refractivity contribution is 5.99. The number of aryl methyl sites for hydroxylation is 2. The van der Waals surface area contributed by atoms with Crippen LogP contribution in [0.4, 0.5) is 11.4 Å². The molecule has 0 fully saturated rings. The molecule has 1 aliphatic heterocycles. The van der Waals surface area contributed by atoms with Crippen LogP contribution in [0.1, 0.15) is 23.1 Å². The van der Waals surface area contributed by atoms with Crippen molar-refractivity contribution < 1.29 is 14.3 Å². The normalized spacial score (nSPS) is 12.8. The van der Waals surface area contributed by atoms with Crippen molar-refractivity contribution >= 4 is 23.2 Å². The fourth-order valence-corrected chi connectivity index (χ4v) is 3.54. The van der Waals surface area contributed by atoms with Crippen molar-refractivity contribution in [3.05, 3.63) is 89.5 Å². The van der Waals surface area contributed by atoms with Gasteiger partial charge in [0.15, 0.2) is 6.61 Å². The molecular formula is C25H24N2O3. The molecule has 5 nitrogen and oxygen atoms in total. The molecule has 0 spiro atoms. The number of benzene rings is 3. The molecule has 0 bridgehead atoms. The Morgan fingerprint density at radius 3 is 2.60 bits per heavy atom. The molecule has 1 aliphatic rings. The van der Waals surface area contributed by atoms with Crippen LogP contribution in [-0.2, 0) is 22.6 Å². The summed E-state index contributed by atoms with van der Waals surface area (Å²) in [6.45, 7) is 2.51. The predicted octanol–water partition coefficient (Wildman–Crippen LogP) is 4.49. The van der Waals surface area contributed by atoms with Gasteiger partial charge in [0.2, 0.25) is 5.91 Å². The van der Waals surface area contributed by atoms with E-state index in [4.69, 9.17) is 4.74 Å². The van der Waals surface area contributed by atoms with Gasteiger partial charge in [-0.2, -0.15) is 0 Å². The number of amides is 2. The summed E-state index contributed by atoms with van der Waals surface area (Å²) in [6.07, 6.45) is 1.07.